The predicted molar refractivity (Wildman–Crippen MR) is 77.7 cm³/mol. The number of hydrogen-bond donors (Lipinski definition) is 1. The van der Waals surface area contributed by atoms with Crippen molar-refractivity contribution in [2.24, 2.45) is 11.8 Å². The maximum absolute atomic E-state index is 10.7. The van der Waals surface area contributed by atoms with Crippen LogP contribution in [0.15, 0.2) is 12.2 Å². The van der Waals surface area contributed by atoms with E-state index in [0.29, 0.717) is 11.8 Å². The maximum atomic E-state index is 10.7. The largest absolute Gasteiger partial charge is 0.313 e. The van der Waals surface area contributed by atoms with Crippen LogP contribution >= 0.6 is 0 Å². The number of allylic oxidation sites excluding steroid dienone is 1. The van der Waals surface area contributed by atoms with Gasteiger partial charge in [0.25, 0.3) is 0 Å². The first-order valence-electron chi connectivity index (χ1n) is 7.35. The lowest BCUT2D eigenvalue weighted by atomic mass is 9.64. The van der Waals surface area contributed by atoms with Crippen molar-refractivity contribution in [2.45, 2.75) is 78.3 Å². The third-order valence-corrected chi connectivity index (χ3v) is 5.47. The minimum Gasteiger partial charge on any atom is -0.313 e. The van der Waals surface area contributed by atoms with Gasteiger partial charge in [0.1, 0.15) is 0 Å². The molecule has 0 bridgehead atoms. The molecule has 0 spiro atoms. The first-order chi connectivity index (χ1) is 8.21. The third-order valence-electron chi connectivity index (χ3n) is 5.47. The van der Waals surface area contributed by atoms with Gasteiger partial charge < -0.3 is 5.21 Å². The van der Waals surface area contributed by atoms with Crippen molar-refractivity contribution in [3.8, 4) is 0 Å². The molecule has 106 valence electrons. The summed E-state index contributed by atoms with van der Waals surface area (Å²) in [6, 6.07) is 0. The molecular weight excluding hydrogens is 222 g/mol. The van der Waals surface area contributed by atoms with Gasteiger partial charge in [-0.05, 0) is 58.3 Å². The van der Waals surface area contributed by atoms with Crippen molar-refractivity contribution in [1.29, 1.82) is 0 Å². The lowest BCUT2D eigenvalue weighted by molar-refractivity contribution is -0.280. The van der Waals surface area contributed by atoms with Gasteiger partial charge in [-0.3, -0.25) is 0 Å². The zero-order valence-electron chi connectivity index (χ0n) is 13.1. The molecule has 1 fully saturated rings. The molecule has 0 radical (unpaired) electrons. The van der Waals surface area contributed by atoms with E-state index in [2.05, 4.69) is 48.1 Å². The first kappa shape index (κ1) is 15.7. The fourth-order valence-corrected chi connectivity index (χ4v) is 3.61. The molecule has 2 heteroatoms. The van der Waals surface area contributed by atoms with Gasteiger partial charge in [0.2, 0.25) is 0 Å². The summed E-state index contributed by atoms with van der Waals surface area (Å²) in [4.78, 5) is 0. The van der Waals surface area contributed by atoms with E-state index in [1.807, 2.05) is 0 Å². The van der Waals surface area contributed by atoms with Crippen LogP contribution in [0.4, 0.5) is 0 Å². The number of hydroxylamine groups is 2. The molecule has 1 aliphatic rings. The Morgan fingerprint density at radius 2 is 1.89 bits per heavy atom. The monoisotopic (exact) mass is 253 g/mol. The second kappa shape index (κ2) is 5.34. The summed E-state index contributed by atoms with van der Waals surface area (Å²) in [5, 5.41) is 12.3. The van der Waals surface area contributed by atoms with Gasteiger partial charge in [-0.1, -0.05) is 26.3 Å². The van der Waals surface area contributed by atoms with Gasteiger partial charge in [0.05, 0.1) is 0 Å². The molecule has 1 saturated heterocycles. The molecule has 1 aliphatic heterocycles. The summed E-state index contributed by atoms with van der Waals surface area (Å²) in [6.07, 6.45) is 4.11. The Kier molecular flexibility index (Phi) is 4.66. The van der Waals surface area contributed by atoms with E-state index in [4.69, 9.17) is 0 Å². The molecular formula is C16H31NO. The third kappa shape index (κ3) is 2.50. The fourth-order valence-electron chi connectivity index (χ4n) is 3.61. The van der Waals surface area contributed by atoms with Crippen LogP contribution in [0.3, 0.4) is 0 Å². The minimum absolute atomic E-state index is 0.0998. The van der Waals surface area contributed by atoms with Gasteiger partial charge >= 0.3 is 0 Å². The second-order valence-electron chi connectivity index (χ2n) is 6.79. The average Bonchev–Trinajstić information content (AvgIpc) is 2.33. The zero-order valence-corrected chi connectivity index (χ0v) is 13.1. The van der Waals surface area contributed by atoms with E-state index in [1.165, 1.54) is 5.57 Å². The molecule has 0 aromatic rings. The number of piperidine rings is 1. The van der Waals surface area contributed by atoms with Crippen LogP contribution in [-0.4, -0.2) is 21.3 Å². The van der Waals surface area contributed by atoms with E-state index >= 15 is 0 Å². The summed E-state index contributed by atoms with van der Waals surface area (Å²) in [7, 11) is 0. The van der Waals surface area contributed by atoms with Crippen LogP contribution < -0.4 is 0 Å². The van der Waals surface area contributed by atoms with Crippen LogP contribution in [0.1, 0.15) is 67.2 Å². The van der Waals surface area contributed by atoms with Crippen molar-refractivity contribution in [2.75, 3.05) is 0 Å². The Hall–Kier alpha value is -0.340. The molecule has 0 saturated carbocycles. The Balaban J connectivity index is 3.09. The van der Waals surface area contributed by atoms with Gasteiger partial charge in [0.15, 0.2) is 0 Å². The SMILES string of the molecule is C=C(C)CC1CC(C)(CC)N(O)C(C)(CC)C1C. The lowest BCUT2D eigenvalue weighted by Crippen LogP contribution is -2.65. The van der Waals surface area contributed by atoms with Crippen LogP contribution in [0.25, 0.3) is 0 Å². The van der Waals surface area contributed by atoms with Crippen molar-refractivity contribution in [3.05, 3.63) is 12.2 Å². The van der Waals surface area contributed by atoms with E-state index in [0.717, 1.165) is 25.7 Å². The highest BCUT2D eigenvalue weighted by Gasteiger charge is 2.52. The highest BCUT2D eigenvalue weighted by Crippen LogP contribution is 2.48. The van der Waals surface area contributed by atoms with Crippen molar-refractivity contribution < 1.29 is 5.21 Å². The number of nitrogens with zero attached hydrogens (tertiary/aromatic N) is 1. The van der Waals surface area contributed by atoms with Crippen LogP contribution in [0, 0.1) is 11.8 Å². The molecule has 0 aromatic carbocycles. The Bertz CT molecular complexity index is 314. The maximum Gasteiger partial charge on any atom is 0.0464 e. The van der Waals surface area contributed by atoms with E-state index in [9.17, 15) is 5.21 Å². The summed E-state index contributed by atoms with van der Waals surface area (Å²) >= 11 is 0. The molecule has 2 nitrogen and oxygen atoms in total. The van der Waals surface area contributed by atoms with Crippen molar-refractivity contribution >= 4 is 0 Å². The van der Waals surface area contributed by atoms with Gasteiger partial charge in [-0.15, -0.1) is 6.58 Å². The summed E-state index contributed by atoms with van der Waals surface area (Å²) in [5.41, 5.74) is 1.04. The summed E-state index contributed by atoms with van der Waals surface area (Å²) in [6.45, 7) is 17.2. The number of rotatable bonds is 4. The Labute approximate surface area is 113 Å². The lowest BCUT2D eigenvalue weighted by Gasteiger charge is -2.58. The predicted octanol–water partition coefficient (Wildman–Crippen LogP) is 4.64. The Morgan fingerprint density at radius 1 is 1.33 bits per heavy atom. The average molecular weight is 253 g/mol. The van der Waals surface area contributed by atoms with Crippen molar-refractivity contribution in [1.82, 2.24) is 5.06 Å². The van der Waals surface area contributed by atoms with Gasteiger partial charge in [-0.2, -0.15) is 5.06 Å². The standard InChI is InChI=1S/C16H31NO/c1-8-15(6)11-14(10-12(3)4)13(5)16(7,9-2)17(15)18/h13-14,18H,3,8-11H2,1-2,4-7H3. The normalized spacial score (nSPS) is 41.9. The van der Waals surface area contributed by atoms with E-state index in [1.54, 1.807) is 5.06 Å². The van der Waals surface area contributed by atoms with E-state index < -0.39 is 0 Å². The fraction of sp³-hybridized carbons (Fsp3) is 0.875. The summed E-state index contributed by atoms with van der Waals surface area (Å²) < 4.78 is 0. The van der Waals surface area contributed by atoms with Gasteiger partial charge in [0, 0.05) is 11.1 Å². The highest BCUT2D eigenvalue weighted by molar-refractivity contribution is 5.06. The quantitative estimate of drug-likeness (QED) is 0.738. The minimum atomic E-state index is -0.122. The molecule has 4 unspecified atom stereocenters. The Morgan fingerprint density at radius 3 is 2.28 bits per heavy atom. The second-order valence-corrected chi connectivity index (χ2v) is 6.79. The molecule has 1 N–H and O–H groups in total. The van der Waals surface area contributed by atoms with Gasteiger partial charge in [-0.25, -0.2) is 0 Å². The first-order valence-corrected chi connectivity index (χ1v) is 7.35. The highest BCUT2D eigenvalue weighted by atomic mass is 16.5. The zero-order chi connectivity index (χ0) is 14.1. The van der Waals surface area contributed by atoms with Crippen molar-refractivity contribution in [3.63, 3.8) is 0 Å². The molecule has 18 heavy (non-hydrogen) atoms. The van der Waals surface area contributed by atoms with Crippen LogP contribution in [-0.2, 0) is 0 Å². The summed E-state index contributed by atoms with van der Waals surface area (Å²) in [5.74, 6) is 1.12. The van der Waals surface area contributed by atoms with E-state index in [-0.39, 0.29) is 11.1 Å². The van der Waals surface area contributed by atoms with Crippen LogP contribution in [0.5, 0.6) is 0 Å². The molecule has 4 atom stereocenters. The molecule has 0 aromatic heterocycles. The van der Waals surface area contributed by atoms with Crippen LogP contribution in [0.2, 0.25) is 0 Å². The molecule has 0 amide bonds. The topological polar surface area (TPSA) is 23.5 Å². The molecule has 1 heterocycles. The number of hydrogen-bond acceptors (Lipinski definition) is 2. The smallest absolute Gasteiger partial charge is 0.0464 e. The molecule has 1 rings (SSSR count). The molecule has 0 aliphatic carbocycles.